The van der Waals surface area contributed by atoms with E-state index in [4.69, 9.17) is 17.3 Å². The standard InChI is InChI=1S/C13H17ClN2O/c1-9-10(14)4-2-5-11(9)16-12(17)8-13(15)6-3-7-13/h2,4-5H,3,6-8,15H2,1H3,(H,16,17). The molecule has 0 aromatic heterocycles. The van der Waals surface area contributed by atoms with E-state index in [1.165, 1.54) is 0 Å². The smallest absolute Gasteiger partial charge is 0.226 e. The number of nitrogens with two attached hydrogens (primary N) is 1. The molecule has 0 saturated heterocycles. The van der Waals surface area contributed by atoms with Gasteiger partial charge in [-0.2, -0.15) is 0 Å². The number of rotatable bonds is 3. The molecular weight excluding hydrogens is 236 g/mol. The maximum atomic E-state index is 11.9. The largest absolute Gasteiger partial charge is 0.326 e. The van der Waals surface area contributed by atoms with Crippen LogP contribution in [-0.2, 0) is 4.79 Å². The molecule has 1 aliphatic carbocycles. The first-order valence-corrected chi connectivity index (χ1v) is 6.22. The number of anilines is 1. The number of hydrogen-bond acceptors (Lipinski definition) is 2. The zero-order valence-corrected chi connectivity index (χ0v) is 10.7. The molecule has 1 aliphatic rings. The number of carbonyl (C=O) groups is 1. The Kier molecular flexibility index (Phi) is 3.40. The Hall–Kier alpha value is -1.06. The van der Waals surface area contributed by atoms with E-state index >= 15 is 0 Å². The molecule has 3 nitrogen and oxygen atoms in total. The summed E-state index contributed by atoms with van der Waals surface area (Å²) in [6.07, 6.45) is 3.39. The van der Waals surface area contributed by atoms with Gasteiger partial charge < -0.3 is 11.1 Å². The maximum absolute atomic E-state index is 11.9. The summed E-state index contributed by atoms with van der Waals surface area (Å²) >= 11 is 5.99. The van der Waals surface area contributed by atoms with Crippen molar-refractivity contribution >= 4 is 23.2 Å². The Bertz CT molecular complexity index is 441. The van der Waals surface area contributed by atoms with E-state index in [0.29, 0.717) is 11.4 Å². The molecule has 1 amide bonds. The van der Waals surface area contributed by atoms with Crippen molar-refractivity contribution in [1.82, 2.24) is 0 Å². The van der Waals surface area contributed by atoms with E-state index in [1.807, 2.05) is 25.1 Å². The lowest BCUT2D eigenvalue weighted by molar-refractivity contribution is -0.118. The topological polar surface area (TPSA) is 55.1 Å². The van der Waals surface area contributed by atoms with E-state index in [9.17, 15) is 4.79 Å². The second kappa shape index (κ2) is 4.67. The highest BCUT2D eigenvalue weighted by molar-refractivity contribution is 6.31. The van der Waals surface area contributed by atoms with Crippen molar-refractivity contribution < 1.29 is 4.79 Å². The highest BCUT2D eigenvalue weighted by Gasteiger charge is 2.34. The Morgan fingerprint density at radius 3 is 2.82 bits per heavy atom. The number of halogens is 1. The molecule has 2 rings (SSSR count). The maximum Gasteiger partial charge on any atom is 0.226 e. The van der Waals surface area contributed by atoms with Gasteiger partial charge in [-0.25, -0.2) is 0 Å². The minimum atomic E-state index is -0.281. The summed E-state index contributed by atoms with van der Waals surface area (Å²) in [5, 5.41) is 3.53. The van der Waals surface area contributed by atoms with Gasteiger partial charge in [-0.3, -0.25) is 4.79 Å². The van der Waals surface area contributed by atoms with Gasteiger partial charge in [-0.15, -0.1) is 0 Å². The van der Waals surface area contributed by atoms with Crippen LogP contribution in [0, 0.1) is 6.92 Å². The van der Waals surface area contributed by atoms with Crippen LogP contribution in [0.1, 0.15) is 31.2 Å². The third-order valence-corrected chi connectivity index (χ3v) is 3.81. The van der Waals surface area contributed by atoms with Crippen LogP contribution in [0.5, 0.6) is 0 Å². The van der Waals surface area contributed by atoms with Gasteiger partial charge in [-0.1, -0.05) is 17.7 Å². The Morgan fingerprint density at radius 1 is 1.53 bits per heavy atom. The van der Waals surface area contributed by atoms with Crippen LogP contribution < -0.4 is 11.1 Å². The van der Waals surface area contributed by atoms with Crippen LogP contribution in [0.3, 0.4) is 0 Å². The van der Waals surface area contributed by atoms with Gasteiger partial charge in [0, 0.05) is 22.7 Å². The Morgan fingerprint density at radius 2 is 2.24 bits per heavy atom. The number of hydrogen-bond donors (Lipinski definition) is 2. The fourth-order valence-corrected chi connectivity index (χ4v) is 2.24. The second-order valence-electron chi connectivity index (χ2n) is 4.85. The molecule has 4 heteroatoms. The predicted molar refractivity (Wildman–Crippen MR) is 70.2 cm³/mol. The van der Waals surface area contributed by atoms with Crippen molar-refractivity contribution in [2.45, 2.75) is 38.1 Å². The van der Waals surface area contributed by atoms with E-state index in [2.05, 4.69) is 5.32 Å². The van der Waals surface area contributed by atoms with Gasteiger partial charge in [-0.05, 0) is 43.9 Å². The van der Waals surface area contributed by atoms with Crippen molar-refractivity contribution in [3.63, 3.8) is 0 Å². The van der Waals surface area contributed by atoms with Crippen LogP contribution >= 0.6 is 11.6 Å². The van der Waals surface area contributed by atoms with Gasteiger partial charge >= 0.3 is 0 Å². The van der Waals surface area contributed by atoms with Crippen LogP contribution in [0.25, 0.3) is 0 Å². The molecule has 0 spiro atoms. The first-order chi connectivity index (χ1) is 8.00. The van der Waals surface area contributed by atoms with Crippen LogP contribution in [0.4, 0.5) is 5.69 Å². The highest BCUT2D eigenvalue weighted by Crippen LogP contribution is 2.32. The average Bonchev–Trinajstić information content (AvgIpc) is 2.22. The summed E-state index contributed by atoms with van der Waals surface area (Å²) in [7, 11) is 0. The lowest BCUT2D eigenvalue weighted by Crippen LogP contribution is -2.48. The minimum Gasteiger partial charge on any atom is -0.326 e. The summed E-state index contributed by atoms with van der Waals surface area (Å²) < 4.78 is 0. The number of carbonyl (C=O) groups excluding carboxylic acids is 1. The summed E-state index contributed by atoms with van der Waals surface area (Å²) in [6.45, 7) is 1.89. The molecule has 1 aromatic carbocycles. The zero-order valence-electron chi connectivity index (χ0n) is 9.92. The Labute approximate surface area is 106 Å². The van der Waals surface area contributed by atoms with Crippen molar-refractivity contribution in [3.8, 4) is 0 Å². The van der Waals surface area contributed by atoms with E-state index < -0.39 is 0 Å². The summed E-state index contributed by atoms with van der Waals surface area (Å²) in [4.78, 5) is 11.9. The molecule has 1 fully saturated rings. The van der Waals surface area contributed by atoms with Crippen molar-refractivity contribution in [2.24, 2.45) is 5.73 Å². The second-order valence-corrected chi connectivity index (χ2v) is 5.26. The molecule has 1 saturated carbocycles. The molecule has 17 heavy (non-hydrogen) atoms. The average molecular weight is 253 g/mol. The summed E-state index contributed by atoms with van der Waals surface area (Å²) in [5.74, 6) is -0.0300. The molecule has 0 atom stereocenters. The third-order valence-electron chi connectivity index (χ3n) is 3.40. The molecule has 0 bridgehead atoms. The monoisotopic (exact) mass is 252 g/mol. The summed E-state index contributed by atoms with van der Waals surface area (Å²) in [5.41, 5.74) is 7.42. The van der Waals surface area contributed by atoms with Crippen molar-refractivity contribution in [3.05, 3.63) is 28.8 Å². The van der Waals surface area contributed by atoms with Gasteiger partial charge in [0.2, 0.25) is 5.91 Å². The molecular formula is C13H17ClN2O. The van der Waals surface area contributed by atoms with Gasteiger partial charge in [0.05, 0.1) is 0 Å². The number of nitrogens with one attached hydrogen (secondary N) is 1. The molecule has 92 valence electrons. The zero-order chi connectivity index (χ0) is 12.5. The third kappa shape index (κ3) is 2.79. The highest BCUT2D eigenvalue weighted by atomic mass is 35.5. The van der Waals surface area contributed by atoms with Crippen molar-refractivity contribution in [1.29, 1.82) is 0 Å². The fourth-order valence-electron chi connectivity index (χ4n) is 2.06. The van der Waals surface area contributed by atoms with Crippen LogP contribution in [0.2, 0.25) is 5.02 Å². The van der Waals surface area contributed by atoms with Crippen molar-refractivity contribution in [2.75, 3.05) is 5.32 Å². The number of benzene rings is 1. The molecule has 0 heterocycles. The van der Waals surface area contributed by atoms with E-state index in [0.717, 1.165) is 30.5 Å². The first-order valence-electron chi connectivity index (χ1n) is 5.84. The van der Waals surface area contributed by atoms with Gasteiger partial charge in [0.25, 0.3) is 0 Å². The lowest BCUT2D eigenvalue weighted by atomic mass is 9.75. The van der Waals surface area contributed by atoms with Gasteiger partial charge in [0.1, 0.15) is 0 Å². The van der Waals surface area contributed by atoms with E-state index in [1.54, 1.807) is 0 Å². The molecule has 0 aliphatic heterocycles. The predicted octanol–water partition coefficient (Wildman–Crippen LogP) is 2.86. The lowest BCUT2D eigenvalue weighted by Gasteiger charge is -2.37. The molecule has 0 radical (unpaired) electrons. The molecule has 0 unspecified atom stereocenters. The summed E-state index contributed by atoms with van der Waals surface area (Å²) in [6, 6.07) is 5.48. The first kappa shape index (κ1) is 12.4. The van der Waals surface area contributed by atoms with Gasteiger partial charge in [0.15, 0.2) is 0 Å². The SMILES string of the molecule is Cc1c(Cl)cccc1NC(=O)CC1(N)CCC1. The van der Waals surface area contributed by atoms with Crippen LogP contribution in [0.15, 0.2) is 18.2 Å². The van der Waals surface area contributed by atoms with Crippen LogP contribution in [-0.4, -0.2) is 11.4 Å². The fraction of sp³-hybridized carbons (Fsp3) is 0.462. The minimum absolute atomic E-state index is 0.0300. The normalized spacial score (nSPS) is 17.4. The molecule has 3 N–H and O–H groups in total. The number of amides is 1. The Balaban J connectivity index is 2.00. The quantitative estimate of drug-likeness (QED) is 0.869. The molecule has 1 aromatic rings. The van der Waals surface area contributed by atoms with E-state index in [-0.39, 0.29) is 11.4 Å².